The van der Waals surface area contributed by atoms with E-state index < -0.39 is 28.2 Å². The van der Waals surface area contributed by atoms with Gasteiger partial charge < -0.3 is 0 Å². The Morgan fingerprint density at radius 1 is 0.952 bits per heavy atom. The minimum atomic E-state index is -4.46. The molecule has 0 saturated heterocycles. The van der Waals surface area contributed by atoms with Crippen molar-refractivity contribution in [2.24, 2.45) is 0 Å². The average Bonchev–Trinajstić information content (AvgIpc) is 2.42. The molecule has 0 amide bonds. The van der Waals surface area contributed by atoms with Gasteiger partial charge in [0.25, 0.3) is 0 Å². The first-order valence-corrected chi connectivity index (χ1v) is 6.94. The Hall–Kier alpha value is -1.43. The van der Waals surface area contributed by atoms with Crippen molar-refractivity contribution < 1.29 is 22.0 Å². The maximum Gasteiger partial charge on any atom is 0.416 e. The Morgan fingerprint density at radius 3 is 2.24 bits per heavy atom. The molecule has 0 N–H and O–H groups in total. The monoisotopic (exact) mass is 364 g/mol. The van der Waals surface area contributed by atoms with Crippen LogP contribution in [0.3, 0.4) is 0 Å². The predicted molar refractivity (Wildman–Crippen MR) is 73.2 cm³/mol. The van der Waals surface area contributed by atoms with E-state index in [9.17, 15) is 22.0 Å². The minimum Gasteiger partial charge on any atom is -0.204 e. The van der Waals surface area contributed by atoms with Gasteiger partial charge in [0.2, 0.25) is 0 Å². The van der Waals surface area contributed by atoms with Gasteiger partial charge in [0.15, 0.2) is 11.6 Å². The number of hydrogen-bond acceptors (Lipinski definition) is 0. The molecule has 0 radical (unpaired) electrons. The molecule has 0 aliphatic rings. The van der Waals surface area contributed by atoms with Gasteiger partial charge in [-0.1, -0.05) is 40.2 Å². The van der Waals surface area contributed by atoms with Gasteiger partial charge in [0, 0.05) is 4.83 Å². The van der Waals surface area contributed by atoms with Crippen molar-refractivity contribution in [2.45, 2.75) is 17.4 Å². The van der Waals surface area contributed by atoms with Crippen LogP contribution in [0, 0.1) is 11.6 Å². The largest absolute Gasteiger partial charge is 0.416 e. The van der Waals surface area contributed by atoms with Gasteiger partial charge in [0.05, 0.1) is 5.56 Å². The molecule has 2 rings (SSSR count). The first-order chi connectivity index (χ1) is 9.79. The number of rotatable bonds is 3. The third-order valence-corrected chi connectivity index (χ3v) is 3.82. The highest BCUT2D eigenvalue weighted by molar-refractivity contribution is 9.09. The molecule has 0 bridgehead atoms. The van der Waals surface area contributed by atoms with E-state index in [1.54, 1.807) is 0 Å². The fourth-order valence-corrected chi connectivity index (χ4v) is 2.78. The summed E-state index contributed by atoms with van der Waals surface area (Å²) >= 11 is 3.19. The Morgan fingerprint density at radius 2 is 1.62 bits per heavy atom. The zero-order chi connectivity index (χ0) is 15.6. The van der Waals surface area contributed by atoms with Crippen LogP contribution in [0.2, 0.25) is 0 Å². The van der Waals surface area contributed by atoms with Crippen LogP contribution in [0.5, 0.6) is 0 Å². The molecule has 0 heterocycles. The van der Waals surface area contributed by atoms with Crippen molar-refractivity contribution >= 4 is 15.9 Å². The average molecular weight is 365 g/mol. The summed E-state index contributed by atoms with van der Waals surface area (Å²) in [6.07, 6.45) is -4.35. The van der Waals surface area contributed by atoms with Crippen LogP contribution >= 0.6 is 15.9 Å². The number of hydrogen-bond donors (Lipinski definition) is 0. The van der Waals surface area contributed by atoms with Crippen LogP contribution in [-0.4, -0.2) is 0 Å². The van der Waals surface area contributed by atoms with Crippen LogP contribution in [0.4, 0.5) is 22.0 Å². The molecule has 1 atom stereocenters. The van der Waals surface area contributed by atoms with Crippen LogP contribution in [-0.2, 0) is 12.6 Å². The molecular formula is C15H10BrF5. The lowest BCUT2D eigenvalue weighted by Crippen LogP contribution is -2.11. The molecule has 0 saturated carbocycles. The summed E-state index contributed by atoms with van der Waals surface area (Å²) in [5.74, 6) is -2.00. The van der Waals surface area contributed by atoms with Gasteiger partial charge in [-0.05, 0) is 35.7 Å². The molecular weight excluding hydrogens is 355 g/mol. The molecule has 2 aromatic rings. The van der Waals surface area contributed by atoms with Gasteiger partial charge in [0.1, 0.15) is 0 Å². The van der Waals surface area contributed by atoms with Gasteiger partial charge >= 0.3 is 6.18 Å². The molecule has 0 aliphatic heterocycles. The summed E-state index contributed by atoms with van der Waals surface area (Å²) in [6.45, 7) is 0. The first kappa shape index (κ1) is 15.9. The van der Waals surface area contributed by atoms with Crippen LogP contribution in [0.25, 0.3) is 0 Å². The van der Waals surface area contributed by atoms with Gasteiger partial charge in [-0.3, -0.25) is 0 Å². The van der Waals surface area contributed by atoms with Crippen molar-refractivity contribution in [1.29, 1.82) is 0 Å². The molecule has 6 heteroatoms. The highest BCUT2D eigenvalue weighted by Gasteiger charge is 2.34. The Balaban J connectivity index is 2.28. The highest BCUT2D eigenvalue weighted by Crippen LogP contribution is 2.38. The predicted octanol–water partition coefficient (Wildman–Crippen LogP) is 5.66. The fraction of sp³-hybridized carbons (Fsp3) is 0.200. The van der Waals surface area contributed by atoms with Crippen LogP contribution in [0.1, 0.15) is 21.5 Å². The first-order valence-electron chi connectivity index (χ1n) is 6.03. The highest BCUT2D eigenvalue weighted by atomic mass is 79.9. The van der Waals surface area contributed by atoms with Crippen molar-refractivity contribution in [1.82, 2.24) is 0 Å². The lowest BCUT2D eigenvalue weighted by Gasteiger charge is -2.17. The molecule has 0 spiro atoms. The van der Waals surface area contributed by atoms with Crippen molar-refractivity contribution in [3.63, 3.8) is 0 Å². The lowest BCUT2D eigenvalue weighted by molar-refractivity contribution is -0.138. The SMILES string of the molecule is Fc1ccc(CC(Br)c2ccccc2C(F)(F)F)cc1F. The van der Waals surface area contributed by atoms with E-state index in [2.05, 4.69) is 15.9 Å². The van der Waals surface area contributed by atoms with E-state index in [1.165, 1.54) is 24.3 Å². The van der Waals surface area contributed by atoms with Gasteiger partial charge in [-0.15, -0.1) is 0 Å². The summed E-state index contributed by atoms with van der Waals surface area (Å²) in [7, 11) is 0. The maximum atomic E-state index is 13.1. The van der Waals surface area contributed by atoms with Crippen LogP contribution < -0.4 is 0 Å². The van der Waals surface area contributed by atoms with E-state index in [0.29, 0.717) is 5.56 Å². The quantitative estimate of drug-likeness (QED) is 0.486. The molecule has 21 heavy (non-hydrogen) atoms. The fourth-order valence-electron chi connectivity index (χ4n) is 2.01. The molecule has 0 fully saturated rings. The zero-order valence-electron chi connectivity index (χ0n) is 10.6. The molecule has 0 aliphatic carbocycles. The smallest absolute Gasteiger partial charge is 0.204 e. The summed E-state index contributed by atoms with van der Waals surface area (Å²) in [6, 6.07) is 8.47. The van der Waals surface area contributed by atoms with E-state index in [1.807, 2.05) is 0 Å². The van der Waals surface area contributed by atoms with Crippen molar-refractivity contribution in [3.05, 3.63) is 70.8 Å². The molecule has 2 aromatic carbocycles. The number of alkyl halides is 4. The van der Waals surface area contributed by atoms with Gasteiger partial charge in [-0.2, -0.15) is 13.2 Å². The number of halogens is 6. The van der Waals surface area contributed by atoms with E-state index in [4.69, 9.17) is 0 Å². The van der Waals surface area contributed by atoms with Crippen molar-refractivity contribution in [3.8, 4) is 0 Å². The Labute approximate surface area is 126 Å². The summed E-state index contributed by atoms with van der Waals surface area (Å²) < 4.78 is 64.8. The standard InChI is InChI=1S/C15H10BrF5/c16-12(7-9-5-6-13(17)14(18)8-9)10-3-1-2-4-11(10)15(19,20)21/h1-6,8,12H,7H2. The second-order valence-corrected chi connectivity index (χ2v) is 5.61. The zero-order valence-corrected chi connectivity index (χ0v) is 12.2. The summed E-state index contributed by atoms with van der Waals surface area (Å²) in [5.41, 5.74) is -0.267. The third-order valence-electron chi connectivity index (χ3n) is 3.00. The molecule has 1 unspecified atom stereocenters. The topological polar surface area (TPSA) is 0 Å². The van der Waals surface area contributed by atoms with E-state index >= 15 is 0 Å². The van der Waals surface area contributed by atoms with Crippen molar-refractivity contribution in [2.75, 3.05) is 0 Å². The Kier molecular flexibility index (Phi) is 4.66. The second-order valence-electron chi connectivity index (χ2n) is 4.51. The molecule has 0 nitrogen and oxygen atoms in total. The molecule has 112 valence electrons. The van der Waals surface area contributed by atoms with Gasteiger partial charge in [-0.25, -0.2) is 8.78 Å². The maximum absolute atomic E-state index is 13.1. The second kappa shape index (κ2) is 6.13. The van der Waals surface area contributed by atoms with E-state index in [0.717, 1.165) is 18.2 Å². The minimum absolute atomic E-state index is 0.0646. The normalized spacial score (nSPS) is 13.2. The summed E-state index contributed by atoms with van der Waals surface area (Å²) in [4.78, 5) is -0.653. The lowest BCUT2D eigenvalue weighted by atomic mass is 9.99. The third kappa shape index (κ3) is 3.81. The number of benzene rings is 2. The van der Waals surface area contributed by atoms with Crippen LogP contribution in [0.15, 0.2) is 42.5 Å². The van der Waals surface area contributed by atoms with E-state index in [-0.39, 0.29) is 12.0 Å². The summed E-state index contributed by atoms with van der Waals surface area (Å²) in [5, 5.41) is 0. The molecule has 0 aromatic heterocycles. The Bertz CT molecular complexity index is 636.